The molecule has 4 rings (SSSR count). The van der Waals surface area contributed by atoms with E-state index in [0.717, 1.165) is 22.4 Å². The third-order valence-electron chi connectivity index (χ3n) is 4.85. The minimum atomic E-state index is -0.530. The number of para-hydroxylation sites is 1. The molecule has 0 fully saturated rings. The Morgan fingerprint density at radius 1 is 1.19 bits per heavy atom. The summed E-state index contributed by atoms with van der Waals surface area (Å²) < 4.78 is 0. The molecular formula is C21H23N5O. The summed E-state index contributed by atoms with van der Waals surface area (Å²) in [6.45, 7) is 3.86. The topological polar surface area (TPSA) is 99.6 Å². The van der Waals surface area contributed by atoms with Crippen LogP contribution >= 0.6 is 0 Å². The van der Waals surface area contributed by atoms with Crippen molar-refractivity contribution in [3.8, 4) is 0 Å². The number of imidazole rings is 1. The summed E-state index contributed by atoms with van der Waals surface area (Å²) in [4.78, 5) is 23.5. The van der Waals surface area contributed by atoms with Crippen molar-refractivity contribution in [1.29, 1.82) is 0 Å². The SMILES string of the molecule is CC(C)[C@H](N)C(=O)Nc1ccc2[nH]c(Cc3c[nH]c4ccccc34)nc2c1. The molecule has 1 atom stereocenters. The van der Waals surface area contributed by atoms with Crippen LogP contribution in [0.25, 0.3) is 21.9 Å². The number of hydrogen-bond donors (Lipinski definition) is 4. The van der Waals surface area contributed by atoms with Gasteiger partial charge in [0.25, 0.3) is 0 Å². The quantitative estimate of drug-likeness (QED) is 0.437. The Labute approximate surface area is 157 Å². The van der Waals surface area contributed by atoms with Gasteiger partial charge in [0.05, 0.1) is 17.1 Å². The van der Waals surface area contributed by atoms with Gasteiger partial charge >= 0.3 is 0 Å². The zero-order valence-corrected chi connectivity index (χ0v) is 15.4. The summed E-state index contributed by atoms with van der Waals surface area (Å²) >= 11 is 0. The number of carbonyl (C=O) groups excluding carboxylic acids is 1. The van der Waals surface area contributed by atoms with Gasteiger partial charge in [-0.2, -0.15) is 0 Å². The smallest absolute Gasteiger partial charge is 0.241 e. The molecule has 5 N–H and O–H groups in total. The van der Waals surface area contributed by atoms with Gasteiger partial charge in [-0.05, 0) is 35.7 Å². The predicted octanol–water partition coefficient (Wildman–Crippen LogP) is 3.56. The van der Waals surface area contributed by atoms with Gasteiger partial charge in [0.2, 0.25) is 5.91 Å². The molecule has 0 radical (unpaired) electrons. The van der Waals surface area contributed by atoms with Crippen molar-refractivity contribution >= 4 is 33.5 Å². The first-order valence-corrected chi connectivity index (χ1v) is 9.11. The number of aromatic amines is 2. The minimum Gasteiger partial charge on any atom is -0.361 e. The molecule has 27 heavy (non-hydrogen) atoms. The van der Waals surface area contributed by atoms with Crippen LogP contribution < -0.4 is 11.1 Å². The van der Waals surface area contributed by atoms with E-state index in [4.69, 9.17) is 10.7 Å². The number of amides is 1. The lowest BCUT2D eigenvalue weighted by Gasteiger charge is -2.15. The van der Waals surface area contributed by atoms with Crippen LogP contribution in [-0.2, 0) is 11.2 Å². The van der Waals surface area contributed by atoms with Crippen LogP contribution in [0, 0.1) is 5.92 Å². The minimum absolute atomic E-state index is 0.0851. The molecule has 138 valence electrons. The number of nitrogens with one attached hydrogen (secondary N) is 3. The second kappa shape index (κ2) is 6.89. The van der Waals surface area contributed by atoms with Crippen molar-refractivity contribution in [3.05, 3.63) is 60.0 Å². The molecule has 2 heterocycles. The molecule has 0 saturated heterocycles. The van der Waals surface area contributed by atoms with Crippen LogP contribution in [0.4, 0.5) is 5.69 Å². The molecule has 0 spiro atoms. The first-order chi connectivity index (χ1) is 13.0. The fourth-order valence-electron chi connectivity index (χ4n) is 3.21. The van der Waals surface area contributed by atoms with E-state index in [9.17, 15) is 4.79 Å². The molecule has 1 amide bonds. The molecule has 0 unspecified atom stereocenters. The van der Waals surface area contributed by atoms with E-state index in [1.807, 2.05) is 50.4 Å². The van der Waals surface area contributed by atoms with Crippen molar-refractivity contribution in [2.45, 2.75) is 26.3 Å². The summed E-state index contributed by atoms with van der Waals surface area (Å²) in [5.41, 5.74) is 10.7. The Morgan fingerprint density at radius 3 is 2.81 bits per heavy atom. The number of nitrogens with two attached hydrogens (primary N) is 1. The van der Waals surface area contributed by atoms with E-state index in [2.05, 4.69) is 27.4 Å². The van der Waals surface area contributed by atoms with Gasteiger partial charge in [-0.25, -0.2) is 4.98 Å². The standard InChI is InChI=1S/C21H23N5O/c1-12(2)20(22)21(27)24-14-7-8-17-18(10-14)26-19(25-17)9-13-11-23-16-6-4-3-5-15(13)16/h3-8,10-12,20,23H,9,22H2,1-2H3,(H,24,27)(H,25,26)/t20-/m0/s1. The highest BCUT2D eigenvalue weighted by Crippen LogP contribution is 2.22. The highest BCUT2D eigenvalue weighted by molar-refractivity contribution is 5.96. The lowest BCUT2D eigenvalue weighted by atomic mass is 10.0. The van der Waals surface area contributed by atoms with Crippen molar-refractivity contribution < 1.29 is 4.79 Å². The van der Waals surface area contributed by atoms with Crippen LogP contribution in [0.3, 0.4) is 0 Å². The van der Waals surface area contributed by atoms with Gasteiger partial charge in [0.15, 0.2) is 0 Å². The number of anilines is 1. The molecule has 0 aliphatic rings. The summed E-state index contributed by atoms with van der Waals surface area (Å²) in [6.07, 6.45) is 2.73. The van der Waals surface area contributed by atoms with Crippen molar-refractivity contribution in [3.63, 3.8) is 0 Å². The summed E-state index contributed by atoms with van der Waals surface area (Å²) in [5.74, 6) is 0.790. The van der Waals surface area contributed by atoms with Gasteiger partial charge in [0, 0.05) is 29.2 Å². The first-order valence-electron chi connectivity index (χ1n) is 9.11. The molecule has 4 aromatic rings. The van der Waals surface area contributed by atoms with Crippen LogP contribution in [0.1, 0.15) is 25.2 Å². The van der Waals surface area contributed by atoms with Gasteiger partial charge in [-0.15, -0.1) is 0 Å². The molecule has 0 aliphatic carbocycles. The highest BCUT2D eigenvalue weighted by atomic mass is 16.2. The van der Waals surface area contributed by atoms with Crippen LogP contribution in [0.2, 0.25) is 0 Å². The van der Waals surface area contributed by atoms with Gasteiger partial charge < -0.3 is 21.0 Å². The monoisotopic (exact) mass is 361 g/mol. The number of rotatable bonds is 5. The molecule has 0 bridgehead atoms. The Morgan fingerprint density at radius 2 is 2.00 bits per heavy atom. The summed E-state index contributed by atoms with van der Waals surface area (Å²) in [6, 6.07) is 13.4. The average molecular weight is 361 g/mol. The second-order valence-electron chi connectivity index (χ2n) is 7.21. The zero-order chi connectivity index (χ0) is 19.0. The van der Waals surface area contributed by atoms with E-state index in [0.29, 0.717) is 12.1 Å². The van der Waals surface area contributed by atoms with Crippen LogP contribution in [0.5, 0.6) is 0 Å². The van der Waals surface area contributed by atoms with E-state index in [1.54, 1.807) is 0 Å². The number of benzene rings is 2. The first kappa shape index (κ1) is 17.3. The summed E-state index contributed by atoms with van der Waals surface area (Å²) in [7, 11) is 0. The third-order valence-corrected chi connectivity index (χ3v) is 4.85. The third kappa shape index (κ3) is 3.44. The number of H-pyrrole nitrogens is 2. The van der Waals surface area contributed by atoms with Crippen LogP contribution in [0.15, 0.2) is 48.7 Å². The maximum Gasteiger partial charge on any atom is 0.241 e. The van der Waals surface area contributed by atoms with Crippen molar-refractivity contribution in [2.24, 2.45) is 11.7 Å². The lowest BCUT2D eigenvalue weighted by Crippen LogP contribution is -2.39. The largest absolute Gasteiger partial charge is 0.361 e. The van der Waals surface area contributed by atoms with Gasteiger partial charge in [0.1, 0.15) is 5.82 Å². The van der Waals surface area contributed by atoms with Crippen LogP contribution in [-0.4, -0.2) is 26.9 Å². The Balaban J connectivity index is 1.57. The molecule has 6 heteroatoms. The van der Waals surface area contributed by atoms with Crippen molar-refractivity contribution in [2.75, 3.05) is 5.32 Å². The van der Waals surface area contributed by atoms with E-state index in [-0.39, 0.29) is 11.8 Å². The lowest BCUT2D eigenvalue weighted by molar-refractivity contribution is -0.118. The highest BCUT2D eigenvalue weighted by Gasteiger charge is 2.17. The molecule has 2 aromatic carbocycles. The van der Waals surface area contributed by atoms with Gasteiger partial charge in [-0.3, -0.25) is 4.79 Å². The predicted molar refractivity (Wildman–Crippen MR) is 109 cm³/mol. The zero-order valence-electron chi connectivity index (χ0n) is 15.4. The maximum absolute atomic E-state index is 12.2. The fraction of sp³-hybridized carbons (Fsp3) is 0.238. The number of nitrogens with zero attached hydrogens (tertiary/aromatic N) is 1. The normalized spacial score (nSPS) is 12.7. The molecule has 2 aromatic heterocycles. The Hall–Kier alpha value is -3.12. The number of aromatic nitrogens is 3. The van der Waals surface area contributed by atoms with Crippen molar-refractivity contribution in [1.82, 2.24) is 15.0 Å². The fourth-order valence-corrected chi connectivity index (χ4v) is 3.21. The van der Waals surface area contributed by atoms with E-state index in [1.165, 1.54) is 10.9 Å². The maximum atomic E-state index is 12.2. The molecule has 0 aliphatic heterocycles. The number of carbonyl (C=O) groups is 1. The summed E-state index contributed by atoms with van der Waals surface area (Å²) in [5, 5.41) is 4.07. The molecular weight excluding hydrogens is 338 g/mol. The number of hydrogen-bond acceptors (Lipinski definition) is 3. The second-order valence-corrected chi connectivity index (χ2v) is 7.21. The number of fused-ring (bicyclic) bond motifs is 2. The Bertz CT molecular complexity index is 1110. The average Bonchev–Trinajstić information content (AvgIpc) is 3.24. The molecule has 0 saturated carbocycles. The van der Waals surface area contributed by atoms with E-state index < -0.39 is 6.04 Å². The van der Waals surface area contributed by atoms with E-state index >= 15 is 0 Å². The molecule has 6 nitrogen and oxygen atoms in total. The Kier molecular flexibility index (Phi) is 4.41. The van der Waals surface area contributed by atoms with Gasteiger partial charge in [-0.1, -0.05) is 32.0 Å².